The lowest BCUT2D eigenvalue weighted by Gasteiger charge is -2.31. The highest BCUT2D eigenvalue weighted by atomic mass is 35.5. The molecule has 5 aliphatic rings. The minimum absolute atomic E-state index is 0.00276. The van der Waals surface area contributed by atoms with Crippen LogP contribution in [0, 0.1) is 23.0 Å². The molecule has 4 aromatic rings. The largest absolute Gasteiger partial charge is 0.461 e. The van der Waals surface area contributed by atoms with Crippen LogP contribution in [0.4, 0.5) is 19.6 Å². The smallest absolute Gasteiger partial charge is 0.319 e. The number of nitrogens with two attached hydrogens (primary N) is 1. The molecule has 4 aliphatic heterocycles. The SMILES string of the molecule is C1CC1.CC1CN1.CN(C=O)C1CCN(c2nc(OCC34CCCN3CCC4)nc3c(F)c(-c4ccc(F)c5sc(N)c(C#N)c45)c(Cl)cc23)C1. The number of nitrogen functional groups attached to an aromatic ring is 1. The summed E-state index contributed by atoms with van der Waals surface area (Å²) < 4.78 is 38.1. The number of halogens is 3. The van der Waals surface area contributed by atoms with E-state index in [4.69, 9.17) is 27.1 Å². The molecule has 4 saturated heterocycles. The number of hydrogen-bond donors (Lipinski definition) is 2. The Bertz CT molecular complexity index is 1980. The fraction of sp³-hybridized carbons (Fsp3) is 0.514. The first-order valence-electron chi connectivity index (χ1n) is 17.8. The van der Waals surface area contributed by atoms with E-state index in [1.165, 1.54) is 37.9 Å². The van der Waals surface area contributed by atoms with Gasteiger partial charge in [0.05, 0.1) is 26.9 Å². The number of nitrogens with one attached hydrogen (secondary N) is 1. The summed E-state index contributed by atoms with van der Waals surface area (Å²) in [5.74, 6) is -0.825. The van der Waals surface area contributed by atoms with E-state index in [9.17, 15) is 14.4 Å². The van der Waals surface area contributed by atoms with Gasteiger partial charge in [0.15, 0.2) is 5.82 Å². The standard InChI is InChI=1S/C31H30ClF2N7O2S.C3H7N.C3H6/c1-39(16-42)17-6-11-40(14-17)29-19-12-21(32)24(18-4-5-22(33)27-23(18)20(13-35)28(36)44-27)25(34)26(19)37-30(38-29)43-15-31-7-2-9-41(31)10-3-8-31;1-3-2-4-3;1-2-3-1/h4-5,12,16-17H,2-3,6-11,14-15,36H2,1H3;3-4H,2H2,1H3;1-3H2. The number of thiophene rings is 1. The minimum Gasteiger partial charge on any atom is -0.461 e. The number of ether oxygens (including phenoxy) is 1. The number of aromatic nitrogens is 2. The molecular weight excluding hydrogens is 694 g/mol. The van der Waals surface area contributed by atoms with Gasteiger partial charge in [0.25, 0.3) is 0 Å². The topological polar surface area (TPSA) is 134 Å². The number of amides is 1. The van der Waals surface area contributed by atoms with Gasteiger partial charge < -0.3 is 25.6 Å². The van der Waals surface area contributed by atoms with Crippen molar-refractivity contribution in [3.05, 3.63) is 40.4 Å². The molecule has 2 unspecified atom stereocenters. The van der Waals surface area contributed by atoms with E-state index in [0.717, 1.165) is 62.6 Å². The maximum absolute atomic E-state index is 16.8. The number of fused-ring (bicyclic) bond motifs is 3. The highest BCUT2D eigenvalue weighted by molar-refractivity contribution is 7.23. The minimum atomic E-state index is -0.732. The van der Waals surface area contributed by atoms with Crippen LogP contribution in [0.2, 0.25) is 5.02 Å². The number of benzene rings is 2. The fourth-order valence-corrected chi connectivity index (χ4v) is 8.59. The number of carbonyl (C=O) groups excluding carboxylic acids is 1. The molecule has 6 heterocycles. The third kappa shape index (κ3) is 7.16. The Hall–Kier alpha value is -3.83. The van der Waals surface area contributed by atoms with Crippen LogP contribution in [0.25, 0.3) is 32.1 Å². The van der Waals surface area contributed by atoms with Gasteiger partial charge >= 0.3 is 6.01 Å². The summed E-state index contributed by atoms with van der Waals surface area (Å²) in [6.45, 7) is 6.96. The number of nitriles is 1. The molecule has 270 valence electrons. The molecule has 0 bridgehead atoms. The predicted octanol–water partition coefficient (Wildman–Crippen LogP) is 6.72. The molecule has 14 heteroatoms. The first-order valence-corrected chi connectivity index (χ1v) is 19.0. The maximum atomic E-state index is 16.8. The predicted molar refractivity (Wildman–Crippen MR) is 198 cm³/mol. The zero-order valence-corrected chi connectivity index (χ0v) is 30.6. The molecule has 2 aromatic heterocycles. The summed E-state index contributed by atoms with van der Waals surface area (Å²) >= 11 is 7.74. The lowest BCUT2D eigenvalue weighted by atomic mass is 9.95. The van der Waals surface area contributed by atoms with Crippen LogP contribution in [0.15, 0.2) is 18.2 Å². The summed E-state index contributed by atoms with van der Waals surface area (Å²) in [5, 5.41) is 13.7. The third-order valence-corrected chi connectivity index (χ3v) is 11.8. The van der Waals surface area contributed by atoms with Crippen LogP contribution in [-0.2, 0) is 4.79 Å². The van der Waals surface area contributed by atoms with Gasteiger partial charge in [-0.15, -0.1) is 11.3 Å². The zero-order valence-electron chi connectivity index (χ0n) is 29.0. The first kappa shape index (κ1) is 35.6. The van der Waals surface area contributed by atoms with Crippen molar-refractivity contribution in [2.24, 2.45) is 0 Å². The molecule has 1 saturated carbocycles. The van der Waals surface area contributed by atoms with Gasteiger partial charge in [-0.3, -0.25) is 9.69 Å². The summed E-state index contributed by atoms with van der Waals surface area (Å²) in [7, 11) is 1.74. The van der Waals surface area contributed by atoms with Crippen LogP contribution in [0.5, 0.6) is 6.01 Å². The molecule has 2 atom stereocenters. The number of anilines is 2. The molecule has 1 amide bonds. The average molecular weight is 737 g/mol. The summed E-state index contributed by atoms with van der Waals surface area (Å²) in [4.78, 5) is 26.9. The second kappa shape index (κ2) is 14.7. The summed E-state index contributed by atoms with van der Waals surface area (Å²) in [5.41, 5.74) is 6.29. The zero-order chi connectivity index (χ0) is 35.9. The number of carbonyl (C=O) groups is 1. The van der Waals surface area contributed by atoms with Crippen molar-refractivity contribution in [2.45, 2.75) is 75.9 Å². The van der Waals surface area contributed by atoms with Crippen molar-refractivity contribution in [1.82, 2.24) is 25.1 Å². The Morgan fingerprint density at radius 2 is 1.90 bits per heavy atom. The van der Waals surface area contributed by atoms with E-state index in [0.29, 0.717) is 37.3 Å². The van der Waals surface area contributed by atoms with Crippen molar-refractivity contribution in [3.8, 4) is 23.2 Å². The third-order valence-electron chi connectivity index (χ3n) is 10.5. The van der Waals surface area contributed by atoms with Crippen LogP contribution >= 0.6 is 22.9 Å². The lowest BCUT2D eigenvalue weighted by Crippen LogP contribution is -2.43. The van der Waals surface area contributed by atoms with E-state index in [1.54, 1.807) is 18.0 Å². The van der Waals surface area contributed by atoms with Gasteiger partial charge in [-0.05, 0) is 69.8 Å². The molecule has 2 aromatic carbocycles. The Morgan fingerprint density at radius 1 is 1.20 bits per heavy atom. The summed E-state index contributed by atoms with van der Waals surface area (Å²) in [6, 6.07) is 7.13. The van der Waals surface area contributed by atoms with Gasteiger partial charge in [0.2, 0.25) is 6.41 Å². The van der Waals surface area contributed by atoms with Gasteiger partial charge in [-0.2, -0.15) is 15.2 Å². The molecule has 1 aliphatic carbocycles. The maximum Gasteiger partial charge on any atom is 0.319 e. The molecule has 0 spiro atoms. The highest BCUT2D eigenvalue weighted by Crippen LogP contribution is 2.46. The fourth-order valence-electron chi connectivity index (χ4n) is 7.35. The number of likely N-dealkylation sites (N-methyl/N-ethyl adjacent to an activating group) is 1. The van der Waals surface area contributed by atoms with Crippen molar-refractivity contribution < 1.29 is 18.3 Å². The Morgan fingerprint density at radius 3 is 2.53 bits per heavy atom. The highest BCUT2D eigenvalue weighted by Gasteiger charge is 2.45. The van der Waals surface area contributed by atoms with E-state index in [-0.39, 0.29) is 59.9 Å². The van der Waals surface area contributed by atoms with Crippen LogP contribution in [0.3, 0.4) is 0 Å². The van der Waals surface area contributed by atoms with Crippen LogP contribution in [0.1, 0.15) is 63.9 Å². The van der Waals surface area contributed by atoms with E-state index in [1.807, 2.05) is 11.0 Å². The number of hydrogen-bond acceptors (Lipinski definition) is 10. The van der Waals surface area contributed by atoms with Crippen molar-refractivity contribution in [3.63, 3.8) is 0 Å². The lowest BCUT2D eigenvalue weighted by molar-refractivity contribution is -0.118. The normalized spacial score (nSPS) is 21.4. The van der Waals surface area contributed by atoms with E-state index in [2.05, 4.69) is 22.1 Å². The van der Waals surface area contributed by atoms with Crippen LogP contribution < -0.4 is 20.7 Å². The molecule has 5 fully saturated rings. The quantitative estimate of drug-likeness (QED) is 0.157. The Labute approximate surface area is 305 Å². The van der Waals surface area contributed by atoms with Crippen molar-refractivity contribution in [2.75, 3.05) is 57.0 Å². The molecule has 9 rings (SSSR count). The van der Waals surface area contributed by atoms with Gasteiger partial charge in [-0.25, -0.2) is 8.78 Å². The van der Waals surface area contributed by atoms with Crippen molar-refractivity contribution in [1.29, 1.82) is 5.26 Å². The Kier molecular flexibility index (Phi) is 10.2. The molecular formula is C37H43ClF2N8O2S. The molecule has 51 heavy (non-hydrogen) atoms. The molecule has 3 N–H and O–H groups in total. The monoisotopic (exact) mass is 736 g/mol. The van der Waals surface area contributed by atoms with Gasteiger partial charge in [-0.1, -0.05) is 36.9 Å². The second-order valence-electron chi connectivity index (χ2n) is 14.3. The van der Waals surface area contributed by atoms with Gasteiger partial charge in [0.1, 0.15) is 34.8 Å². The van der Waals surface area contributed by atoms with E-state index < -0.39 is 11.6 Å². The van der Waals surface area contributed by atoms with Crippen LogP contribution in [-0.4, -0.2) is 90.2 Å². The number of nitrogens with zero attached hydrogens (tertiary/aromatic N) is 6. The number of rotatable bonds is 7. The van der Waals surface area contributed by atoms with Gasteiger partial charge in [0, 0.05) is 49.1 Å². The Balaban J connectivity index is 0.000000519. The molecule has 0 radical (unpaired) electrons. The van der Waals surface area contributed by atoms with Crippen molar-refractivity contribution >= 4 is 61.2 Å². The first-order chi connectivity index (χ1) is 24.6. The molecule has 10 nitrogen and oxygen atoms in total. The van der Waals surface area contributed by atoms with E-state index >= 15 is 4.39 Å². The average Bonchev–Trinajstić information content (AvgIpc) is 3.98. The summed E-state index contributed by atoms with van der Waals surface area (Å²) in [6.07, 6.45) is 10.3. The second-order valence-corrected chi connectivity index (χ2v) is 15.7.